The number of aliphatic imine (C=N–C) groups is 1. The molecule has 0 saturated heterocycles. The van der Waals surface area contributed by atoms with Gasteiger partial charge < -0.3 is 0 Å². The lowest BCUT2D eigenvalue weighted by molar-refractivity contribution is 0.399. The quantitative estimate of drug-likeness (QED) is 0.312. The van der Waals surface area contributed by atoms with Crippen LogP contribution in [-0.4, -0.2) is 54.6 Å². The van der Waals surface area contributed by atoms with Gasteiger partial charge in [-0.1, -0.05) is 60.7 Å². The molecule has 9 heteroatoms. The highest BCUT2D eigenvalue weighted by Crippen LogP contribution is 2.29. The van der Waals surface area contributed by atoms with Crippen molar-refractivity contribution in [1.29, 1.82) is 0 Å². The molecule has 0 bridgehead atoms. The SMILES string of the molecule is CN(C)CNS(=O)(=O)c1cc(N=C(c2ccccc2)c2ccccc2)cnc1-c1cnn(C)c1. The van der Waals surface area contributed by atoms with Crippen LogP contribution in [0.5, 0.6) is 0 Å². The van der Waals surface area contributed by atoms with E-state index in [2.05, 4.69) is 14.8 Å². The molecule has 2 aromatic carbocycles. The summed E-state index contributed by atoms with van der Waals surface area (Å²) < 4.78 is 30.7. The Morgan fingerprint density at radius 1 is 1.00 bits per heavy atom. The molecule has 0 radical (unpaired) electrons. The number of aromatic nitrogens is 3. The molecule has 0 aliphatic heterocycles. The summed E-state index contributed by atoms with van der Waals surface area (Å²) >= 11 is 0. The van der Waals surface area contributed by atoms with Crippen LogP contribution >= 0.6 is 0 Å². The molecule has 0 saturated carbocycles. The van der Waals surface area contributed by atoms with Crippen molar-refractivity contribution >= 4 is 21.4 Å². The van der Waals surface area contributed by atoms with Gasteiger partial charge in [0.1, 0.15) is 4.90 Å². The third-order valence-corrected chi connectivity index (χ3v) is 6.41. The Labute approximate surface area is 199 Å². The minimum atomic E-state index is -3.87. The zero-order chi connectivity index (χ0) is 24.1. The monoisotopic (exact) mass is 474 g/mol. The molecule has 2 aromatic heterocycles. The highest BCUT2D eigenvalue weighted by atomic mass is 32.2. The van der Waals surface area contributed by atoms with E-state index >= 15 is 0 Å². The van der Waals surface area contributed by atoms with E-state index in [1.807, 2.05) is 60.7 Å². The number of rotatable bonds is 8. The first-order valence-electron chi connectivity index (χ1n) is 10.7. The lowest BCUT2D eigenvalue weighted by Crippen LogP contribution is -2.33. The average Bonchev–Trinajstić information content (AvgIpc) is 3.28. The highest BCUT2D eigenvalue weighted by molar-refractivity contribution is 7.89. The zero-order valence-corrected chi connectivity index (χ0v) is 20.1. The van der Waals surface area contributed by atoms with Crippen LogP contribution in [0.3, 0.4) is 0 Å². The maximum absolute atomic E-state index is 13.3. The summed E-state index contributed by atoms with van der Waals surface area (Å²) in [5.74, 6) is 0. The molecule has 0 unspecified atom stereocenters. The molecular weight excluding hydrogens is 448 g/mol. The summed E-state index contributed by atoms with van der Waals surface area (Å²) in [6, 6.07) is 21.1. The molecule has 34 heavy (non-hydrogen) atoms. The molecule has 0 atom stereocenters. The molecule has 1 N–H and O–H groups in total. The number of benzene rings is 2. The first-order chi connectivity index (χ1) is 16.3. The fourth-order valence-electron chi connectivity index (χ4n) is 3.37. The van der Waals surface area contributed by atoms with Crippen molar-refractivity contribution in [3.8, 4) is 11.3 Å². The summed E-state index contributed by atoms with van der Waals surface area (Å²) in [5, 5.41) is 4.17. The molecule has 0 spiro atoms. The summed E-state index contributed by atoms with van der Waals surface area (Å²) in [6.45, 7) is 0.154. The van der Waals surface area contributed by atoms with Crippen molar-refractivity contribution in [3.63, 3.8) is 0 Å². The Hall–Kier alpha value is -3.66. The standard InChI is InChI=1S/C25H26N6O2S/c1-30(2)18-28-34(32,33)23-14-22(16-26-25(23)21-15-27-31(3)17-21)29-24(19-10-6-4-7-11-19)20-12-8-5-9-13-20/h4-17,28H,18H2,1-3H3. The van der Waals surface area contributed by atoms with E-state index in [1.54, 1.807) is 55.4 Å². The van der Waals surface area contributed by atoms with Gasteiger partial charge >= 0.3 is 0 Å². The summed E-state index contributed by atoms with van der Waals surface area (Å²) in [7, 11) is 1.47. The minimum Gasteiger partial charge on any atom is -0.296 e. The molecule has 4 rings (SSSR count). The third kappa shape index (κ3) is 5.45. The van der Waals surface area contributed by atoms with E-state index < -0.39 is 10.0 Å². The lowest BCUT2D eigenvalue weighted by Gasteiger charge is -2.14. The number of nitrogens with one attached hydrogen (secondary N) is 1. The maximum atomic E-state index is 13.3. The van der Waals surface area contributed by atoms with Crippen LogP contribution in [0.2, 0.25) is 0 Å². The topological polar surface area (TPSA) is 92.5 Å². The van der Waals surface area contributed by atoms with Gasteiger partial charge in [-0.05, 0) is 20.2 Å². The normalized spacial score (nSPS) is 11.5. The number of sulfonamides is 1. The van der Waals surface area contributed by atoms with Crippen molar-refractivity contribution < 1.29 is 8.42 Å². The summed E-state index contributed by atoms with van der Waals surface area (Å²) in [5.41, 5.74) is 3.91. The Kier molecular flexibility index (Phi) is 6.97. The van der Waals surface area contributed by atoms with Crippen LogP contribution in [0, 0.1) is 0 Å². The first kappa shape index (κ1) is 23.5. The Morgan fingerprint density at radius 3 is 2.15 bits per heavy atom. The fraction of sp³-hybridized carbons (Fsp3) is 0.160. The van der Waals surface area contributed by atoms with Crippen LogP contribution in [-0.2, 0) is 17.1 Å². The van der Waals surface area contributed by atoms with Gasteiger partial charge in [0.2, 0.25) is 10.0 Å². The molecule has 174 valence electrons. The van der Waals surface area contributed by atoms with Crippen LogP contribution in [0.4, 0.5) is 5.69 Å². The van der Waals surface area contributed by atoms with Gasteiger partial charge in [0.15, 0.2) is 0 Å². The summed E-state index contributed by atoms with van der Waals surface area (Å²) in [4.78, 5) is 11.1. The van der Waals surface area contributed by atoms with Crippen LogP contribution in [0.25, 0.3) is 11.3 Å². The predicted octanol–water partition coefficient (Wildman–Crippen LogP) is 3.45. The van der Waals surface area contributed by atoms with E-state index in [4.69, 9.17) is 4.99 Å². The molecule has 4 aromatic rings. The fourth-order valence-corrected chi connectivity index (χ4v) is 4.65. The van der Waals surface area contributed by atoms with Crippen molar-refractivity contribution in [2.75, 3.05) is 20.8 Å². The second-order valence-electron chi connectivity index (χ2n) is 8.02. The van der Waals surface area contributed by atoms with Crippen LogP contribution in [0.1, 0.15) is 11.1 Å². The molecule has 2 heterocycles. The van der Waals surface area contributed by atoms with Gasteiger partial charge in [-0.2, -0.15) is 9.82 Å². The van der Waals surface area contributed by atoms with E-state index in [0.29, 0.717) is 16.9 Å². The van der Waals surface area contributed by atoms with E-state index in [9.17, 15) is 8.42 Å². The van der Waals surface area contributed by atoms with E-state index in [-0.39, 0.29) is 11.6 Å². The highest BCUT2D eigenvalue weighted by Gasteiger charge is 2.22. The molecule has 0 amide bonds. The first-order valence-corrected chi connectivity index (χ1v) is 12.1. The lowest BCUT2D eigenvalue weighted by atomic mass is 10.0. The van der Waals surface area contributed by atoms with E-state index in [0.717, 1.165) is 16.8 Å². The van der Waals surface area contributed by atoms with E-state index in [1.165, 1.54) is 0 Å². The number of nitrogens with zero attached hydrogens (tertiary/aromatic N) is 5. The Balaban J connectivity index is 1.87. The van der Waals surface area contributed by atoms with Gasteiger partial charge in [0.05, 0.1) is 36.2 Å². The molecule has 0 aliphatic carbocycles. The number of hydrogen-bond donors (Lipinski definition) is 1. The van der Waals surface area contributed by atoms with Crippen LogP contribution < -0.4 is 4.72 Å². The van der Waals surface area contributed by atoms with Gasteiger partial charge in [0.25, 0.3) is 0 Å². The van der Waals surface area contributed by atoms with Gasteiger partial charge in [-0.15, -0.1) is 0 Å². The Bertz CT molecular complexity index is 1360. The maximum Gasteiger partial charge on any atom is 0.243 e. The molecular formula is C25H26N6O2S. The second-order valence-corrected chi connectivity index (χ2v) is 9.76. The van der Waals surface area contributed by atoms with Gasteiger partial charge in [0, 0.05) is 29.9 Å². The predicted molar refractivity (Wildman–Crippen MR) is 133 cm³/mol. The number of pyridine rings is 1. The minimum absolute atomic E-state index is 0.0454. The van der Waals surface area contributed by atoms with Gasteiger partial charge in [-0.3, -0.25) is 14.6 Å². The largest absolute Gasteiger partial charge is 0.296 e. The van der Waals surface area contributed by atoms with Crippen molar-refractivity contribution in [2.45, 2.75) is 4.90 Å². The van der Waals surface area contributed by atoms with Crippen molar-refractivity contribution in [3.05, 3.63) is 96.4 Å². The Morgan fingerprint density at radius 2 is 1.62 bits per heavy atom. The molecule has 0 fully saturated rings. The number of hydrogen-bond acceptors (Lipinski definition) is 6. The summed E-state index contributed by atoms with van der Waals surface area (Å²) in [6.07, 6.45) is 4.91. The smallest absolute Gasteiger partial charge is 0.243 e. The van der Waals surface area contributed by atoms with Gasteiger partial charge in [-0.25, -0.2) is 13.4 Å². The average molecular weight is 475 g/mol. The third-order valence-electron chi connectivity index (χ3n) is 5.01. The molecule has 8 nitrogen and oxygen atoms in total. The van der Waals surface area contributed by atoms with Crippen molar-refractivity contribution in [2.24, 2.45) is 12.0 Å². The number of aryl methyl sites for hydroxylation is 1. The molecule has 0 aliphatic rings. The van der Waals surface area contributed by atoms with Crippen molar-refractivity contribution in [1.82, 2.24) is 24.4 Å². The zero-order valence-electron chi connectivity index (χ0n) is 19.3. The second kappa shape index (κ2) is 10.1. The van der Waals surface area contributed by atoms with Crippen LogP contribution in [0.15, 0.2) is 95.2 Å².